The maximum atomic E-state index is 12.4. The van der Waals surface area contributed by atoms with Gasteiger partial charge in [-0.25, -0.2) is 8.42 Å². The summed E-state index contributed by atoms with van der Waals surface area (Å²) in [4.78, 5) is 12.4. The summed E-state index contributed by atoms with van der Waals surface area (Å²) in [5.41, 5.74) is 2.14. The number of anilines is 1. The van der Waals surface area contributed by atoms with Crippen molar-refractivity contribution in [1.82, 2.24) is 4.57 Å². The van der Waals surface area contributed by atoms with Crippen LogP contribution in [0.4, 0.5) is 11.4 Å². The molecule has 1 amide bonds. The van der Waals surface area contributed by atoms with Gasteiger partial charge in [0.25, 0.3) is 5.91 Å². The molecule has 9 heteroatoms. The summed E-state index contributed by atoms with van der Waals surface area (Å²) in [6, 6.07) is 14.2. The molecule has 29 heavy (non-hydrogen) atoms. The molecule has 0 bridgehead atoms. The number of nitrogens with zero attached hydrogens (tertiary/aromatic N) is 4. The van der Waals surface area contributed by atoms with Crippen molar-refractivity contribution in [3.8, 4) is 5.88 Å². The molecule has 0 radical (unpaired) electrons. The molecule has 0 aliphatic carbocycles. The monoisotopic (exact) mass is 414 g/mol. The first kappa shape index (κ1) is 20.5. The van der Waals surface area contributed by atoms with Crippen molar-refractivity contribution in [1.29, 1.82) is 0 Å². The Bertz CT molecular complexity index is 1200. The molecule has 3 aromatic rings. The third-order valence-electron chi connectivity index (χ3n) is 4.63. The van der Waals surface area contributed by atoms with Gasteiger partial charge in [-0.3, -0.25) is 9.10 Å². The molecule has 8 nitrogen and oxygen atoms in total. The average Bonchev–Trinajstić information content (AvgIpc) is 2.94. The highest BCUT2D eigenvalue weighted by atomic mass is 32.2. The fraction of sp³-hybridized carbons (Fsp3) is 0.250. The summed E-state index contributed by atoms with van der Waals surface area (Å²) in [5.74, 6) is -0.868. The molecule has 0 aliphatic rings. The first-order valence-corrected chi connectivity index (χ1v) is 10.9. The van der Waals surface area contributed by atoms with Gasteiger partial charge in [-0.1, -0.05) is 43.3 Å². The van der Waals surface area contributed by atoms with Gasteiger partial charge in [0.15, 0.2) is 5.69 Å². The predicted molar refractivity (Wildman–Crippen MR) is 112 cm³/mol. The summed E-state index contributed by atoms with van der Waals surface area (Å²) in [6.45, 7) is 1.43. The normalized spacial score (nSPS) is 12.0. The Balaban J connectivity index is 1.92. The van der Waals surface area contributed by atoms with Gasteiger partial charge in [0.05, 0.1) is 17.5 Å². The molecule has 1 aromatic heterocycles. The molecule has 0 saturated carbocycles. The quantitative estimate of drug-likeness (QED) is 0.623. The largest absolute Gasteiger partial charge is 0.493 e. The number of sulfonamides is 1. The highest BCUT2D eigenvalue weighted by molar-refractivity contribution is 7.92. The smallest absolute Gasteiger partial charge is 0.285 e. The zero-order valence-corrected chi connectivity index (χ0v) is 17.2. The lowest BCUT2D eigenvalue weighted by Gasteiger charge is -2.23. The van der Waals surface area contributed by atoms with E-state index in [0.29, 0.717) is 17.5 Å². The number of carbonyl (C=O) groups excluding carboxylic acids is 1. The van der Waals surface area contributed by atoms with Crippen LogP contribution in [0.15, 0.2) is 58.8 Å². The number of hydrogen-bond acceptors (Lipinski definition) is 5. The van der Waals surface area contributed by atoms with Gasteiger partial charge in [0.1, 0.15) is 6.54 Å². The molecular formula is C20H22N4O4S. The molecule has 0 unspecified atom stereocenters. The fourth-order valence-electron chi connectivity index (χ4n) is 3.15. The lowest BCUT2D eigenvalue weighted by Crippen LogP contribution is -2.35. The molecule has 1 N–H and O–H groups in total. The number of aromatic hydroxyl groups is 1. The van der Waals surface area contributed by atoms with Crippen LogP contribution in [0.2, 0.25) is 0 Å². The third kappa shape index (κ3) is 4.14. The van der Waals surface area contributed by atoms with E-state index >= 15 is 0 Å². The van der Waals surface area contributed by atoms with E-state index in [0.717, 1.165) is 21.6 Å². The number of aromatic nitrogens is 1. The topological polar surface area (TPSA) is 104 Å². The number of benzene rings is 2. The van der Waals surface area contributed by atoms with Gasteiger partial charge in [-0.05, 0) is 24.1 Å². The zero-order valence-electron chi connectivity index (χ0n) is 16.4. The summed E-state index contributed by atoms with van der Waals surface area (Å²) in [6.07, 6.45) is 1.65. The number of hydrogen-bond donors (Lipinski definition) is 1. The Morgan fingerprint density at radius 3 is 2.48 bits per heavy atom. The zero-order chi connectivity index (χ0) is 21.2. The van der Waals surface area contributed by atoms with Gasteiger partial charge in [-0.2, -0.15) is 0 Å². The molecule has 152 valence electrons. The second kappa shape index (κ2) is 8.04. The van der Waals surface area contributed by atoms with Gasteiger partial charge in [0.2, 0.25) is 15.9 Å². The minimum absolute atomic E-state index is 0.126. The Morgan fingerprint density at radius 1 is 1.14 bits per heavy atom. The Morgan fingerprint density at radius 2 is 1.79 bits per heavy atom. The molecule has 3 rings (SSSR count). The van der Waals surface area contributed by atoms with Gasteiger partial charge < -0.3 is 9.67 Å². The first-order chi connectivity index (χ1) is 13.7. The van der Waals surface area contributed by atoms with Crippen molar-refractivity contribution >= 4 is 38.2 Å². The maximum Gasteiger partial charge on any atom is 0.285 e. The van der Waals surface area contributed by atoms with Crippen molar-refractivity contribution < 1.29 is 18.3 Å². The van der Waals surface area contributed by atoms with Crippen molar-refractivity contribution in [3.05, 3.63) is 54.1 Å². The van der Waals surface area contributed by atoms with Crippen LogP contribution in [0.25, 0.3) is 10.9 Å². The SMILES string of the molecule is CCc1ccccc1N(CC(=O)N=Nc1c(O)n(C)c2ccccc12)S(C)(=O)=O. The highest BCUT2D eigenvalue weighted by Crippen LogP contribution is 2.37. The van der Waals surface area contributed by atoms with E-state index in [1.807, 2.05) is 31.2 Å². The maximum absolute atomic E-state index is 12.4. The third-order valence-corrected chi connectivity index (χ3v) is 5.76. The summed E-state index contributed by atoms with van der Waals surface area (Å²) in [7, 11) is -2.04. The highest BCUT2D eigenvalue weighted by Gasteiger charge is 2.23. The van der Waals surface area contributed by atoms with Crippen LogP contribution < -0.4 is 4.31 Å². The summed E-state index contributed by atoms with van der Waals surface area (Å²) < 4.78 is 27.2. The Labute approximate surface area is 169 Å². The molecule has 0 atom stereocenters. The van der Waals surface area contributed by atoms with Crippen molar-refractivity contribution in [3.63, 3.8) is 0 Å². The van der Waals surface area contributed by atoms with E-state index < -0.39 is 22.5 Å². The van der Waals surface area contributed by atoms with Crippen LogP contribution in [0.3, 0.4) is 0 Å². The lowest BCUT2D eigenvalue weighted by atomic mass is 10.1. The van der Waals surface area contributed by atoms with Crippen LogP contribution in [-0.4, -0.2) is 36.8 Å². The van der Waals surface area contributed by atoms with Gasteiger partial charge >= 0.3 is 0 Å². The molecular weight excluding hydrogens is 392 g/mol. The predicted octanol–water partition coefficient (Wildman–Crippen LogP) is 3.52. The Hall–Kier alpha value is -3.20. The summed E-state index contributed by atoms with van der Waals surface area (Å²) >= 11 is 0. The number of amides is 1. The number of fused-ring (bicyclic) bond motifs is 1. The van der Waals surface area contributed by atoms with Crippen molar-refractivity contribution in [2.24, 2.45) is 17.3 Å². The van der Waals surface area contributed by atoms with Crippen LogP contribution in [-0.2, 0) is 28.3 Å². The van der Waals surface area contributed by atoms with Crippen molar-refractivity contribution in [2.75, 3.05) is 17.1 Å². The number of azo groups is 1. The number of carbonyl (C=O) groups is 1. The lowest BCUT2D eigenvalue weighted by molar-refractivity contribution is -0.116. The van der Waals surface area contributed by atoms with Crippen molar-refractivity contribution in [2.45, 2.75) is 13.3 Å². The van der Waals surface area contributed by atoms with E-state index in [1.165, 1.54) is 4.57 Å². The molecule has 0 aliphatic heterocycles. The molecule has 0 spiro atoms. The van der Waals surface area contributed by atoms with E-state index in [-0.39, 0.29) is 11.6 Å². The fourth-order valence-corrected chi connectivity index (χ4v) is 4.03. The van der Waals surface area contributed by atoms with Gasteiger partial charge in [0, 0.05) is 12.4 Å². The number of aryl methyl sites for hydroxylation is 2. The van der Waals surface area contributed by atoms with Crippen LogP contribution in [0.5, 0.6) is 5.88 Å². The van der Waals surface area contributed by atoms with E-state index in [9.17, 15) is 18.3 Å². The van der Waals surface area contributed by atoms with E-state index in [2.05, 4.69) is 10.2 Å². The van der Waals surface area contributed by atoms with Crippen LogP contribution in [0.1, 0.15) is 12.5 Å². The van der Waals surface area contributed by atoms with Crippen LogP contribution >= 0.6 is 0 Å². The molecule has 0 saturated heterocycles. The van der Waals surface area contributed by atoms with E-state index in [4.69, 9.17) is 0 Å². The summed E-state index contributed by atoms with van der Waals surface area (Å²) in [5, 5.41) is 18.5. The average molecular weight is 414 g/mol. The second-order valence-corrected chi connectivity index (χ2v) is 8.50. The van der Waals surface area contributed by atoms with Crippen LogP contribution in [0, 0.1) is 0 Å². The molecule has 2 aromatic carbocycles. The first-order valence-electron chi connectivity index (χ1n) is 9.00. The minimum atomic E-state index is -3.71. The minimum Gasteiger partial charge on any atom is -0.493 e. The number of rotatable bonds is 6. The Kier molecular flexibility index (Phi) is 5.69. The second-order valence-electron chi connectivity index (χ2n) is 6.59. The number of para-hydroxylation sites is 2. The van der Waals surface area contributed by atoms with E-state index in [1.54, 1.807) is 31.3 Å². The molecule has 0 fully saturated rings. The van der Waals surface area contributed by atoms with Gasteiger partial charge in [-0.15, -0.1) is 10.2 Å². The molecule has 1 heterocycles. The standard InChI is InChI=1S/C20H22N4O4S/c1-4-14-9-5-7-11-16(14)24(29(3,27)28)13-18(25)21-22-19-15-10-6-8-12-17(15)23(2)20(19)26/h5-12,26H,4,13H2,1-3H3.